The van der Waals surface area contributed by atoms with E-state index in [-0.39, 0.29) is 0 Å². The molecule has 0 aliphatic carbocycles. The van der Waals surface area contributed by atoms with Crippen LogP contribution in [-0.4, -0.2) is 43.2 Å². The summed E-state index contributed by atoms with van der Waals surface area (Å²) in [6.45, 7) is 7.96. The predicted octanol–water partition coefficient (Wildman–Crippen LogP) is 3.16. The van der Waals surface area contributed by atoms with Gasteiger partial charge >= 0.3 is 0 Å². The Kier molecular flexibility index (Phi) is 7.08. The number of aromatic nitrogens is 1. The molecule has 0 unspecified atom stereocenters. The Hall–Kier alpha value is -2.56. The van der Waals surface area contributed by atoms with Crippen molar-refractivity contribution in [2.45, 2.75) is 39.2 Å². The minimum absolute atomic E-state index is 0.460. The number of nitrogens with zero attached hydrogens (tertiary/aromatic N) is 3. The van der Waals surface area contributed by atoms with Gasteiger partial charge in [0.1, 0.15) is 5.82 Å². The average molecular weight is 366 g/mol. The summed E-state index contributed by atoms with van der Waals surface area (Å²) >= 11 is 0. The molecular formula is C22H31N5. The normalized spacial score (nSPS) is 15.6. The van der Waals surface area contributed by atoms with E-state index in [4.69, 9.17) is 4.99 Å². The Balaban J connectivity index is 1.48. The lowest BCUT2D eigenvalue weighted by atomic mass is 10.1. The summed E-state index contributed by atoms with van der Waals surface area (Å²) in [6.07, 6.45) is 5.02. The molecule has 5 nitrogen and oxygen atoms in total. The van der Waals surface area contributed by atoms with Crippen LogP contribution in [0.1, 0.15) is 30.9 Å². The van der Waals surface area contributed by atoms with Crippen molar-refractivity contribution in [1.29, 1.82) is 0 Å². The second-order valence-electron chi connectivity index (χ2n) is 7.09. The van der Waals surface area contributed by atoms with E-state index in [1.807, 2.05) is 12.3 Å². The molecular weight excluding hydrogens is 334 g/mol. The van der Waals surface area contributed by atoms with Crippen LogP contribution in [-0.2, 0) is 6.42 Å². The molecule has 27 heavy (non-hydrogen) atoms. The fourth-order valence-electron chi connectivity index (χ4n) is 3.36. The van der Waals surface area contributed by atoms with Gasteiger partial charge in [-0.3, -0.25) is 4.99 Å². The zero-order valence-electron chi connectivity index (χ0n) is 16.5. The van der Waals surface area contributed by atoms with Gasteiger partial charge in [0.25, 0.3) is 0 Å². The number of pyridine rings is 1. The molecule has 2 heterocycles. The highest BCUT2D eigenvalue weighted by Gasteiger charge is 2.20. The molecule has 0 bridgehead atoms. The lowest BCUT2D eigenvalue weighted by Gasteiger charge is -2.33. The number of anilines is 1. The Morgan fingerprint density at radius 1 is 1.15 bits per heavy atom. The lowest BCUT2D eigenvalue weighted by molar-refractivity contribution is 0.459. The van der Waals surface area contributed by atoms with Crippen molar-refractivity contribution in [3.63, 3.8) is 0 Å². The van der Waals surface area contributed by atoms with Crippen LogP contribution < -0.4 is 15.5 Å². The fraction of sp³-hybridized carbons (Fsp3) is 0.455. The molecule has 3 rings (SSSR count). The lowest BCUT2D eigenvalue weighted by Crippen LogP contribution is -2.49. The van der Waals surface area contributed by atoms with Crippen LogP contribution in [0.5, 0.6) is 0 Å². The second kappa shape index (κ2) is 9.95. The van der Waals surface area contributed by atoms with Gasteiger partial charge in [-0.15, -0.1) is 0 Å². The van der Waals surface area contributed by atoms with E-state index in [2.05, 4.69) is 70.8 Å². The number of rotatable bonds is 6. The van der Waals surface area contributed by atoms with Crippen molar-refractivity contribution in [3.8, 4) is 0 Å². The van der Waals surface area contributed by atoms with Gasteiger partial charge in [0.15, 0.2) is 5.96 Å². The van der Waals surface area contributed by atoms with Crippen molar-refractivity contribution in [2.24, 2.45) is 4.99 Å². The number of benzene rings is 1. The van der Waals surface area contributed by atoms with E-state index in [1.165, 1.54) is 11.1 Å². The van der Waals surface area contributed by atoms with Crippen LogP contribution in [0.25, 0.3) is 0 Å². The smallest absolute Gasteiger partial charge is 0.191 e. The molecule has 0 saturated carbocycles. The Morgan fingerprint density at radius 2 is 1.93 bits per heavy atom. The molecule has 1 aromatic heterocycles. The zero-order chi connectivity index (χ0) is 18.9. The molecule has 144 valence electrons. The summed E-state index contributed by atoms with van der Waals surface area (Å²) in [4.78, 5) is 11.6. The molecule has 1 fully saturated rings. The highest BCUT2D eigenvalue weighted by Crippen LogP contribution is 2.17. The third kappa shape index (κ3) is 5.98. The summed E-state index contributed by atoms with van der Waals surface area (Å²) in [5, 5.41) is 7.00. The van der Waals surface area contributed by atoms with E-state index in [0.717, 1.165) is 57.2 Å². The Labute approximate surface area is 162 Å². The van der Waals surface area contributed by atoms with Crippen molar-refractivity contribution in [3.05, 3.63) is 59.8 Å². The molecule has 0 radical (unpaired) electrons. The standard InChI is InChI=1S/C22H31N5/c1-3-23-22(25-15-11-19-9-7-18(2)8-10-19)26-20-12-16-27(17-13-20)21-6-4-5-14-24-21/h4-10,14,20H,3,11-13,15-17H2,1-2H3,(H2,23,25,26). The summed E-state index contributed by atoms with van der Waals surface area (Å²) < 4.78 is 0. The first-order valence-corrected chi connectivity index (χ1v) is 10.0. The molecule has 2 N–H and O–H groups in total. The number of nitrogens with one attached hydrogen (secondary N) is 2. The van der Waals surface area contributed by atoms with Crippen molar-refractivity contribution >= 4 is 11.8 Å². The SMILES string of the molecule is CCNC(=NCCc1ccc(C)cc1)NC1CCN(c2ccccn2)CC1. The van der Waals surface area contributed by atoms with E-state index >= 15 is 0 Å². The largest absolute Gasteiger partial charge is 0.357 e. The zero-order valence-corrected chi connectivity index (χ0v) is 16.5. The van der Waals surface area contributed by atoms with Crippen LogP contribution in [0.3, 0.4) is 0 Å². The summed E-state index contributed by atoms with van der Waals surface area (Å²) in [5.41, 5.74) is 2.64. The molecule has 2 aromatic rings. The maximum atomic E-state index is 4.77. The summed E-state index contributed by atoms with van der Waals surface area (Å²) in [6, 6.07) is 15.3. The highest BCUT2D eigenvalue weighted by molar-refractivity contribution is 5.80. The van der Waals surface area contributed by atoms with Gasteiger partial charge in [0.05, 0.1) is 0 Å². The molecule has 1 saturated heterocycles. The van der Waals surface area contributed by atoms with Crippen LogP contribution in [0.4, 0.5) is 5.82 Å². The van der Waals surface area contributed by atoms with Crippen LogP contribution in [0, 0.1) is 6.92 Å². The van der Waals surface area contributed by atoms with Gasteiger partial charge in [0, 0.05) is 38.4 Å². The van der Waals surface area contributed by atoms with Crippen molar-refractivity contribution in [1.82, 2.24) is 15.6 Å². The van der Waals surface area contributed by atoms with Gasteiger partial charge in [-0.25, -0.2) is 4.98 Å². The first-order valence-electron chi connectivity index (χ1n) is 10.0. The first kappa shape index (κ1) is 19.2. The third-order valence-corrected chi connectivity index (χ3v) is 4.94. The van der Waals surface area contributed by atoms with Gasteiger partial charge in [0.2, 0.25) is 0 Å². The monoisotopic (exact) mass is 365 g/mol. The van der Waals surface area contributed by atoms with E-state index in [0.29, 0.717) is 6.04 Å². The molecule has 0 atom stereocenters. The highest BCUT2D eigenvalue weighted by atomic mass is 15.2. The van der Waals surface area contributed by atoms with Crippen molar-refractivity contribution in [2.75, 3.05) is 31.1 Å². The average Bonchev–Trinajstić information content (AvgIpc) is 2.71. The van der Waals surface area contributed by atoms with Crippen LogP contribution in [0.15, 0.2) is 53.7 Å². The van der Waals surface area contributed by atoms with E-state index in [1.54, 1.807) is 0 Å². The maximum Gasteiger partial charge on any atom is 0.191 e. The Bertz CT molecular complexity index is 703. The topological polar surface area (TPSA) is 52.6 Å². The fourth-order valence-corrected chi connectivity index (χ4v) is 3.36. The third-order valence-electron chi connectivity index (χ3n) is 4.94. The van der Waals surface area contributed by atoms with E-state index < -0.39 is 0 Å². The molecule has 1 aromatic carbocycles. The Morgan fingerprint density at radius 3 is 2.59 bits per heavy atom. The molecule has 0 amide bonds. The number of guanidine groups is 1. The first-order chi connectivity index (χ1) is 13.2. The van der Waals surface area contributed by atoms with Crippen LogP contribution >= 0.6 is 0 Å². The van der Waals surface area contributed by atoms with E-state index in [9.17, 15) is 0 Å². The quantitative estimate of drug-likeness (QED) is 0.610. The van der Waals surface area contributed by atoms with Crippen LogP contribution in [0.2, 0.25) is 0 Å². The molecule has 1 aliphatic rings. The summed E-state index contributed by atoms with van der Waals surface area (Å²) in [5.74, 6) is 2.01. The van der Waals surface area contributed by atoms with Crippen molar-refractivity contribution < 1.29 is 0 Å². The van der Waals surface area contributed by atoms with Gasteiger partial charge in [-0.05, 0) is 50.8 Å². The number of hydrogen-bond donors (Lipinski definition) is 2. The maximum absolute atomic E-state index is 4.77. The van der Waals surface area contributed by atoms with Gasteiger partial charge < -0.3 is 15.5 Å². The number of aliphatic imine (C=N–C) groups is 1. The molecule has 0 spiro atoms. The van der Waals surface area contributed by atoms with Gasteiger partial charge in [-0.2, -0.15) is 0 Å². The number of aryl methyl sites for hydroxylation is 1. The summed E-state index contributed by atoms with van der Waals surface area (Å²) in [7, 11) is 0. The minimum atomic E-state index is 0.460. The minimum Gasteiger partial charge on any atom is -0.357 e. The second-order valence-corrected chi connectivity index (χ2v) is 7.09. The molecule has 5 heteroatoms. The number of piperidine rings is 1. The van der Waals surface area contributed by atoms with Gasteiger partial charge in [-0.1, -0.05) is 35.9 Å². The predicted molar refractivity (Wildman–Crippen MR) is 113 cm³/mol. The molecule has 1 aliphatic heterocycles. The number of hydrogen-bond acceptors (Lipinski definition) is 3.